The lowest BCUT2D eigenvalue weighted by molar-refractivity contribution is 0.261. The van der Waals surface area contributed by atoms with Crippen LogP contribution in [-0.2, 0) is 0 Å². The molecule has 0 spiro atoms. The quantitative estimate of drug-likeness (QED) is 0.0949. The Morgan fingerprint density at radius 1 is 0.424 bits per heavy atom. The second-order valence-corrected chi connectivity index (χ2v) is 14.6. The molecule has 0 saturated heterocycles. The Morgan fingerprint density at radius 2 is 0.763 bits per heavy atom. The van der Waals surface area contributed by atoms with E-state index >= 15 is 0 Å². The van der Waals surface area contributed by atoms with E-state index in [9.17, 15) is 10.2 Å². The van der Waals surface area contributed by atoms with Gasteiger partial charge >= 0.3 is 0 Å². The van der Waals surface area contributed by atoms with Gasteiger partial charge in [0.05, 0.1) is 0 Å². The number of ether oxygens (including phenoxy) is 2. The molecule has 0 aliphatic carbocycles. The van der Waals surface area contributed by atoms with Crippen LogP contribution in [0.2, 0.25) is 0 Å². The van der Waals surface area contributed by atoms with Crippen molar-refractivity contribution in [2.24, 2.45) is 0 Å². The van der Waals surface area contributed by atoms with E-state index in [2.05, 4.69) is 109 Å². The third kappa shape index (κ3) is 13.6. The van der Waals surface area contributed by atoms with Gasteiger partial charge in [0, 0.05) is 13.1 Å². The number of rotatable bonds is 16. The predicted molar refractivity (Wildman–Crippen MR) is 250 cm³/mol. The number of likely N-dealkylation sites (N-methyl/N-ethyl adjacent to an activating group) is 2. The fourth-order valence-corrected chi connectivity index (χ4v) is 6.81. The minimum Gasteiger partial charge on any atom is -0.508 e. The highest BCUT2D eigenvalue weighted by Gasteiger charge is 2.15. The zero-order valence-electron chi connectivity index (χ0n) is 35.3. The Labute approximate surface area is 358 Å². The van der Waals surface area contributed by atoms with Crippen LogP contribution in [0.25, 0.3) is 22.3 Å². The van der Waals surface area contributed by atoms with Crippen molar-refractivity contribution in [1.29, 1.82) is 0 Å². The number of benzene rings is 6. The van der Waals surface area contributed by atoms with Crippen molar-refractivity contribution in [2.75, 3.05) is 54.5 Å². The highest BCUT2D eigenvalue weighted by molar-refractivity contribution is 5.99. The average molecular weight is 812 g/mol. The summed E-state index contributed by atoms with van der Waals surface area (Å²) in [7, 11) is 8.15. The van der Waals surface area contributed by atoms with Crippen LogP contribution in [0.5, 0.6) is 23.0 Å². The van der Waals surface area contributed by atoms with Crippen molar-refractivity contribution < 1.29 is 19.7 Å². The van der Waals surface area contributed by atoms with Gasteiger partial charge in [-0.2, -0.15) is 0 Å². The van der Waals surface area contributed by atoms with Crippen LogP contribution >= 0.6 is 12.4 Å². The molecule has 6 rings (SSSR count). The first-order valence-electron chi connectivity index (χ1n) is 20.1. The van der Waals surface area contributed by atoms with Crippen molar-refractivity contribution in [3.8, 4) is 23.0 Å². The summed E-state index contributed by atoms with van der Waals surface area (Å²) in [5, 5.41) is 20.1. The lowest BCUT2D eigenvalue weighted by Crippen LogP contribution is -2.19. The lowest BCUT2D eigenvalue weighted by atomic mass is 9.88. The molecule has 0 bridgehead atoms. The van der Waals surface area contributed by atoms with Gasteiger partial charge in [-0.05, 0) is 145 Å². The van der Waals surface area contributed by atoms with Gasteiger partial charge < -0.3 is 29.5 Å². The molecular weight excluding hydrogens is 752 g/mol. The van der Waals surface area contributed by atoms with Crippen LogP contribution in [-0.4, -0.2) is 74.5 Å². The Balaban J connectivity index is 0.000000256. The van der Waals surface area contributed by atoms with Gasteiger partial charge in [0.1, 0.15) is 36.2 Å². The van der Waals surface area contributed by atoms with Gasteiger partial charge in [-0.3, -0.25) is 0 Å². The van der Waals surface area contributed by atoms with E-state index in [4.69, 9.17) is 9.47 Å². The summed E-state index contributed by atoms with van der Waals surface area (Å²) in [4.78, 5) is 4.20. The number of allylic oxidation sites excluding steroid dienone is 2. The molecule has 0 radical (unpaired) electrons. The van der Waals surface area contributed by atoms with Gasteiger partial charge in [-0.25, -0.2) is 0 Å². The second-order valence-electron chi connectivity index (χ2n) is 14.6. The number of aromatic hydroxyl groups is 2. The van der Waals surface area contributed by atoms with Crippen molar-refractivity contribution in [2.45, 2.75) is 26.7 Å². The summed E-state index contributed by atoms with van der Waals surface area (Å²) in [5.74, 6) is 2.27. The summed E-state index contributed by atoms with van der Waals surface area (Å²) < 4.78 is 11.7. The molecule has 0 aliphatic rings. The molecule has 0 amide bonds. The zero-order chi connectivity index (χ0) is 41.3. The number of hydrogen-bond donors (Lipinski definition) is 2. The van der Waals surface area contributed by atoms with Crippen LogP contribution in [0.4, 0.5) is 0 Å². The minimum atomic E-state index is 0. The Morgan fingerprint density at radius 3 is 1.07 bits per heavy atom. The average Bonchev–Trinajstić information content (AvgIpc) is 3.23. The van der Waals surface area contributed by atoms with Crippen molar-refractivity contribution in [3.05, 3.63) is 191 Å². The molecule has 0 aliphatic heterocycles. The van der Waals surface area contributed by atoms with Crippen LogP contribution < -0.4 is 9.47 Å². The Kier molecular flexibility index (Phi) is 18.3. The number of nitrogens with zero attached hydrogens (tertiary/aromatic N) is 2. The molecule has 0 heterocycles. The van der Waals surface area contributed by atoms with E-state index in [-0.39, 0.29) is 23.9 Å². The summed E-state index contributed by atoms with van der Waals surface area (Å²) in [6, 6.07) is 52.3. The van der Waals surface area contributed by atoms with E-state index < -0.39 is 0 Å². The maximum absolute atomic E-state index is 10.1. The standard InChI is InChI=1S/2C26H29NO2.ClH/c2*1-4-25(20-9-6-5-7-10-20)26(22-11-8-12-23(28)19-22)21-13-15-24(16-14-21)29-18-17-27(2)3;/h2*5-16,19,28H,4,17-18H2,1-3H3;1H. The summed E-state index contributed by atoms with van der Waals surface area (Å²) in [6.07, 6.45) is 1.77. The maximum atomic E-state index is 10.1. The van der Waals surface area contributed by atoms with Crippen molar-refractivity contribution in [3.63, 3.8) is 0 Å². The molecule has 308 valence electrons. The third-order valence-electron chi connectivity index (χ3n) is 9.73. The largest absolute Gasteiger partial charge is 0.508 e. The van der Waals surface area contributed by atoms with Gasteiger partial charge in [0.15, 0.2) is 0 Å². The molecule has 6 aromatic carbocycles. The normalized spacial score (nSPS) is 11.8. The predicted octanol–water partition coefficient (Wildman–Crippen LogP) is 11.8. The number of phenolic OH excluding ortho intramolecular Hbond substituents is 2. The molecule has 0 aromatic heterocycles. The van der Waals surface area contributed by atoms with Crippen molar-refractivity contribution >= 4 is 34.7 Å². The molecule has 0 saturated carbocycles. The molecule has 7 heteroatoms. The molecule has 0 atom stereocenters. The summed E-state index contributed by atoms with van der Waals surface area (Å²) in [6.45, 7) is 7.42. The minimum absolute atomic E-state index is 0. The molecule has 59 heavy (non-hydrogen) atoms. The van der Waals surface area contributed by atoms with Gasteiger partial charge in [-0.1, -0.05) is 123 Å². The third-order valence-corrected chi connectivity index (χ3v) is 9.73. The Hall–Kier alpha value is -5.79. The smallest absolute Gasteiger partial charge is 0.119 e. The van der Waals surface area contributed by atoms with Crippen LogP contribution in [0, 0.1) is 0 Å². The van der Waals surface area contributed by atoms with Gasteiger partial charge in [0.2, 0.25) is 0 Å². The first-order chi connectivity index (χ1) is 28.2. The van der Waals surface area contributed by atoms with Crippen LogP contribution in [0.15, 0.2) is 158 Å². The fourth-order valence-electron chi connectivity index (χ4n) is 6.81. The maximum Gasteiger partial charge on any atom is 0.119 e. The van der Waals surface area contributed by atoms with Gasteiger partial charge in [0.25, 0.3) is 0 Å². The molecule has 2 N–H and O–H groups in total. The van der Waals surface area contributed by atoms with Crippen molar-refractivity contribution in [1.82, 2.24) is 9.80 Å². The molecular formula is C52H59ClN2O4. The highest BCUT2D eigenvalue weighted by Crippen LogP contribution is 2.37. The SMILES string of the molecule is CCC(=C(c1ccc(OCCN(C)C)cc1)c1cccc(O)c1)c1ccccc1.CCC(=C(c1ccc(OCCN(C)C)cc1)c1cccc(O)c1)c1ccccc1.Cl. The molecule has 6 aromatic rings. The monoisotopic (exact) mass is 810 g/mol. The van der Waals surface area contributed by atoms with E-state index in [1.165, 1.54) is 22.3 Å². The topological polar surface area (TPSA) is 65.4 Å². The number of hydrogen-bond acceptors (Lipinski definition) is 6. The molecule has 0 fully saturated rings. The first kappa shape index (κ1) is 45.9. The van der Waals surface area contributed by atoms with E-state index in [0.717, 1.165) is 70.8 Å². The van der Waals surface area contributed by atoms with E-state index in [1.54, 1.807) is 12.1 Å². The number of phenols is 2. The lowest BCUT2D eigenvalue weighted by Gasteiger charge is -2.17. The second kappa shape index (κ2) is 23.6. The fraction of sp³-hybridized carbons (Fsp3) is 0.231. The van der Waals surface area contributed by atoms with Crippen LogP contribution in [0.1, 0.15) is 60.1 Å². The van der Waals surface area contributed by atoms with Gasteiger partial charge in [-0.15, -0.1) is 12.4 Å². The molecule has 0 unspecified atom stereocenters. The van der Waals surface area contributed by atoms with E-state index in [0.29, 0.717) is 13.2 Å². The summed E-state index contributed by atoms with van der Waals surface area (Å²) >= 11 is 0. The van der Waals surface area contributed by atoms with Crippen LogP contribution in [0.3, 0.4) is 0 Å². The number of halogens is 1. The summed E-state index contributed by atoms with van der Waals surface area (Å²) in [5.41, 5.74) is 11.4. The Bertz CT molecular complexity index is 2060. The zero-order valence-corrected chi connectivity index (χ0v) is 36.1. The molecule has 6 nitrogen and oxygen atoms in total. The highest BCUT2D eigenvalue weighted by atomic mass is 35.5. The van der Waals surface area contributed by atoms with E-state index in [1.807, 2.05) is 88.9 Å². The first-order valence-corrected chi connectivity index (χ1v) is 20.1.